The number of nitrogens with one attached hydrogen (secondary N) is 1. The first-order chi connectivity index (χ1) is 9.11. The van der Waals surface area contributed by atoms with Gasteiger partial charge in [-0.15, -0.1) is 0 Å². The number of halogens is 1. The minimum Gasteiger partial charge on any atom is -0.491 e. The maximum absolute atomic E-state index is 13.7. The molecule has 102 valence electrons. The number of imidazole rings is 1. The summed E-state index contributed by atoms with van der Waals surface area (Å²) in [5.41, 5.74) is 0.705. The number of aryl methyl sites for hydroxylation is 1. The maximum Gasteiger partial charge on any atom is 0.167 e. The average Bonchev–Trinajstić information content (AvgIpc) is 2.79. The van der Waals surface area contributed by atoms with Gasteiger partial charge >= 0.3 is 0 Å². The third kappa shape index (κ3) is 3.05. The summed E-state index contributed by atoms with van der Waals surface area (Å²) >= 11 is 0. The van der Waals surface area contributed by atoms with Crippen molar-refractivity contribution in [2.75, 3.05) is 11.9 Å². The van der Waals surface area contributed by atoms with Gasteiger partial charge in [-0.3, -0.25) is 0 Å². The van der Waals surface area contributed by atoms with E-state index in [0.29, 0.717) is 12.3 Å². The highest BCUT2D eigenvalue weighted by Crippen LogP contribution is 2.24. The minimum atomic E-state index is -0.362. The van der Waals surface area contributed by atoms with Crippen LogP contribution in [0.1, 0.15) is 25.7 Å². The van der Waals surface area contributed by atoms with E-state index in [2.05, 4.69) is 10.3 Å². The van der Waals surface area contributed by atoms with Crippen LogP contribution in [0.15, 0.2) is 30.6 Å². The van der Waals surface area contributed by atoms with E-state index in [-0.39, 0.29) is 17.6 Å². The summed E-state index contributed by atoms with van der Waals surface area (Å²) in [7, 11) is 1.93. The number of hydrogen-bond donors (Lipinski definition) is 1. The number of benzene rings is 1. The first-order valence-corrected chi connectivity index (χ1v) is 6.28. The summed E-state index contributed by atoms with van der Waals surface area (Å²) in [5.74, 6) is 0.811. The van der Waals surface area contributed by atoms with E-state index in [1.807, 2.05) is 31.7 Å². The van der Waals surface area contributed by atoms with Gasteiger partial charge in [0.25, 0.3) is 0 Å². The Morgan fingerprint density at radius 1 is 1.47 bits per heavy atom. The molecule has 19 heavy (non-hydrogen) atoms. The van der Waals surface area contributed by atoms with Gasteiger partial charge < -0.3 is 14.6 Å². The van der Waals surface area contributed by atoms with Crippen LogP contribution in [0.2, 0.25) is 0 Å². The van der Waals surface area contributed by atoms with E-state index in [1.54, 1.807) is 18.3 Å². The molecule has 1 N–H and O–H groups in total. The molecular weight excluding hydrogens is 245 g/mol. The predicted molar refractivity (Wildman–Crippen MR) is 72.8 cm³/mol. The molecule has 1 unspecified atom stereocenters. The van der Waals surface area contributed by atoms with Gasteiger partial charge in [0.2, 0.25) is 0 Å². The van der Waals surface area contributed by atoms with Crippen molar-refractivity contribution in [3.63, 3.8) is 0 Å². The molecule has 1 aromatic carbocycles. The number of aromatic nitrogens is 2. The van der Waals surface area contributed by atoms with Gasteiger partial charge in [0, 0.05) is 31.2 Å². The van der Waals surface area contributed by atoms with Crippen molar-refractivity contribution in [1.82, 2.24) is 9.55 Å². The molecule has 4 nitrogen and oxygen atoms in total. The van der Waals surface area contributed by atoms with E-state index in [1.165, 1.54) is 6.07 Å². The molecule has 0 fully saturated rings. The quantitative estimate of drug-likeness (QED) is 0.900. The fourth-order valence-electron chi connectivity index (χ4n) is 1.97. The van der Waals surface area contributed by atoms with E-state index in [0.717, 1.165) is 5.82 Å². The molecule has 1 aromatic heterocycles. The molecule has 0 aliphatic rings. The lowest BCUT2D eigenvalue weighted by Crippen LogP contribution is -2.12. The Morgan fingerprint density at radius 3 is 2.84 bits per heavy atom. The van der Waals surface area contributed by atoms with E-state index in [4.69, 9.17) is 4.74 Å². The Hall–Kier alpha value is -2.04. The largest absolute Gasteiger partial charge is 0.491 e. The summed E-state index contributed by atoms with van der Waals surface area (Å²) < 4.78 is 20.8. The fourth-order valence-corrected chi connectivity index (χ4v) is 1.97. The summed E-state index contributed by atoms with van der Waals surface area (Å²) in [6, 6.07) is 4.86. The van der Waals surface area contributed by atoms with Gasteiger partial charge in [0.05, 0.1) is 12.6 Å². The Labute approximate surface area is 112 Å². The van der Waals surface area contributed by atoms with Crippen molar-refractivity contribution >= 4 is 5.69 Å². The summed E-state index contributed by atoms with van der Waals surface area (Å²) in [4.78, 5) is 4.26. The summed E-state index contributed by atoms with van der Waals surface area (Å²) in [6.45, 7) is 4.26. The molecule has 0 spiro atoms. The standard InChI is InChI=1S/C14H18FN3O/c1-4-19-13-6-5-11(9-12(13)15)17-10(2)14-16-7-8-18(14)3/h5-10,17H,4H2,1-3H3. The van der Waals surface area contributed by atoms with Gasteiger partial charge in [0.15, 0.2) is 11.6 Å². The fraction of sp³-hybridized carbons (Fsp3) is 0.357. The van der Waals surface area contributed by atoms with Crippen LogP contribution in [0.25, 0.3) is 0 Å². The van der Waals surface area contributed by atoms with Crippen molar-refractivity contribution in [2.45, 2.75) is 19.9 Å². The molecule has 0 bridgehead atoms. The Kier molecular flexibility index (Phi) is 4.04. The topological polar surface area (TPSA) is 39.1 Å². The van der Waals surface area contributed by atoms with Crippen LogP contribution in [-0.4, -0.2) is 16.2 Å². The average molecular weight is 263 g/mol. The van der Waals surface area contributed by atoms with Crippen LogP contribution in [0.5, 0.6) is 5.75 Å². The molecule has 0 saturated carbocycles. The molecule has 0 saturated heterocycles. The normalized spacial score (nSPS) is 12.2. The second-order valence-electron chi connectivity index (χ2n) is 4.34. The molecule has 5 heteroatoms. The summed E-state index contributed by atoms with van der Waals surface area (Å²) in [6.07, 6.45) is 3.62. The van der Waals surface area contributed by atoms with E-state index >= 15 is 0 Å². The van der Waals surface area contributed by atoms with Crippen LogP contribution < -0.4 is 10.1 Å². The molecular formula is C14H18FN3O. The molecule has 0 radical (unpaired) electrons. The zero-order valence-corrected chi connectivity index (χ0v) is 11.4. The van der Waals surface area contributed by atoms with E-state index in [9.17, 15) is 4.39 Å². The highest BCUT2D eigenvalue weighted by Gasteiger charge is 2.11. The first kappa shape index (κ1) is 13.4. The number of nitrogens with zero attached hydrogens (tertiary/aromatic N) is 2. The van der Waals surface area contributed by atoms with E-state index < -0.39 is 0 Å². The van der Waals surface area contributed by atoms with Crippen molar-refractivity contribution < 1.29 is 9.13 Å². The number of rotatable bonds is 5. The van der Waals surface area contributed by atoms with Gasteiger partial charge in [-0.1, -0.05) is 0 Å². The number of anilines is 1. The lowest BCUT2D eigenvalue weighted by atomic mass is 10.2. The SMILES string of the molecule is CCOc1ccc(NC(C)c2nccn2C)cc1F. The van der Waals surface area contributed by atoms with Crippen LogP contribution in [0.3, 0.4) is 0 Å². The van der Waals surface area contributed by atoms with Gasteiger partial charge in [-0.05, 0) is 26.0 Å². The number of hydrogen-bond acceptors (Lipinski definition) is 3. The monoisotopic (exact) mass is 263 g/mol. The Balaban J connectivity index is 2.11. The minimum absolute atomic E-state index is 0.00246. The Morgan fingerprint density at radius 2 is 2.26 bits per heavy atom. The lowest BCUT2D eigenvalue weighted by molar-refractivity contribution is 0.321. The molecule has 1 atom stereocenters. The summed E-state index contributed by atoms with van der Waals surface area (Å²) in [5, 5.41) is 3.22. The van der Waals surface area contributed by atoms with Crippen molar-refractivity contribution in [3.05, 3.63) is 42.2 Å². The maximum atomic E-state index is 13.7. The van der Waals surface area contributed by atoms with Gasteiger partial charge in [-0.2, -0.15) is 0 Å². The number of ether oxygens (including phenoxy) is 1. The Bertz CT molecular complexity index is 553. The zero-order chi connectivity index (χ0) is 13.8. The third-order valence-electron chi connectivity index (χ3n) is 2.86. The molecule has 0 aliphatic heterocycles. The predicted octanol–water partition coefficient (Wildman–Crippen LogP) is 3.13. The second kappa shape index (κ2) is 5.73. The molecule has 2 rings (SSSR count). The molecule has 0 aliphatic carbocycles. The van der Waals surface area contributed by atoms with Crippen LogP contribution >= 0.6 is 0 Å². The highest BCUT2D eigenvalue weighted by molar-refractivity contribution is 5.48. The zero-order valence-electron chi connectivity index (χ0n) is 11.4. The van der Waals surface area contributed by atoms with Crippen molar-refractivity contribution in [1.29, 1.82) is 0 Å². The van der Waals surface area contributed by atoms with Crippen LogP contribution in [0, 0.1) is 5.82 Å². The highest BCUT2D eigenvalue weighted by atomic mass is 19.1. The second-order valence-corrected chi connectivity index (χ2v) is 4.34. The van der Waals surface area contributed by atoms with Crippen molar-refractivity contribution in [2.24, 2.45) is 7.05 Å². The van der Waals surface area contributed by atoms with Crippen molar-refractivity contribution in [3.8, 4) is 5.75 Å². The first-order valence-electron chi connectivity index (χ1n) is 6.28. The lowest BCUT2D eigenvalue weighted by Gasteiger charge is -2.15. The van der Waals surface area contributed by atoms with Gasteiger partial charge in [-0.25, -0.2) is 9.37 Å². The smallest absolute Gasteiger partial charge is 0.167 e. The van der Waals surface area contributed by atoms with Crippen LogP contribution in [0.4, 0.5) is 10.1 Å². The molecule has 1 heterocycles. The third-order valence-corrected chi connectivity index (χ3v) is 2.86. The van der Waals surface area contributed by atoms with Gasteiger partial charge in [0.1, 0.15) is 5.82 Å². The molecule has 0 amide bonds. The van der Waals surface area contributed by atoms with Crippen LogP contribution in [-0.2, 0) is 7.05 Å². The molecule has 2 aromatic rings.